The Morgan fingerprint density at radius 3 is 2.67 bits per heavy atom. The Hall–Kier alpha value is -1.72. The molecule has 1 unspecified atom stereocenters. The van der Waals surface area contributed by atoms with Gasteiger partial charge in [0, 0.05) is 18.0 Å². The van der Waals surface area contributed by atoms with E-state index in [9.17, 15) is 4.79 Å². The van der Waals surface area contributed by atoms with Gasteiger partial charge in [0.15, 0.2) is 0 Å². The predicted molar refractivity (Wildman–Crippen MR) is 101 cm³/mol. The topological polar surface area (TPSA) is 45.2 Å². The molecule has 1 aromatic heterocycles. The van der Waals surface area contributed by atoms with E-state index in [2.05, 4.69) is 15.2 Å². The molecule has 1 aromatic carbocycles. The Bertz CT molecular complexity index is 702. The Labute approximate surface area is 151 Å². The molecule has 0 bridgehead atoms. The van der Waals surface area contributed by atoms with Crippen molar-refractivity contribution in [3.8, 4) is 0 Å². The molecular formula is C18H20ClN3OS. The van der Waals surface area contributed by atoms with E-state index in [1.165, 1.54) is 24.6 Å². The standard InChI is InChI=1S/C18H20ClN3OS/c1-13(24-16-7-3-2-6-15(16)19)18(23)21-14-8-9-17(20-12-14)22-10-4-5-11-22/h2-3,6-9,12-13H,4-5,10-11H2,1H3,(H,21,23). The fourth-order valence-electron chi connectivity index (χ4n) is 2.62. The van der Waals surface area contributed by atoms with Gasteiger partial charge in [-0.15, -0.1) is 11.8 Å². The van der Waals surface area contributed by atoms with Gasteiger partial charge >= 0.3 is 0 Å². The van der Waals surface area contributed by atoms with Gasteiger partial charge in [0.05, 0.1) is 22.2 Å². The van der Waals surface area contributed by atoms with Crippen LogP contribution in [0.25, 0.3) is 0 Å². The molecule has 0 aliphatic carbocycles. The minimum Gasteiger partial charge on any atom is -0.357 e. The van der Waals surface area contributed by atoms with E-state index >= 15 is 0 Å². The minimum absolute atomic E-state index is 0.0596. The number of nitrogens with one attached hydrogen (secondary N) is 1. The number of anilines is 2. The van der Waals surface area contributed by atoms with Crippen LogP contribution in [0.15, 0.2) is 47.5 Å². The Morgan fingerprint density at radius 1 is 1.25 bits per heavy atom. The monoisotopic (exact) mass is 361 g/mol. The third kappa shape index (κ3) is 4.22. The lowest BCUT2D eigenvalue weighted by Gasteiger charge is -2.17. The van der Waals surface area contributed by atoms with E-state index in [0.29, 0.717) is 5.02 Å². The lowest BCUT2D eigenvalue weighted by Crippen LogP contribution is -2.23. The molecule has 6 heteroatoms. The third-order valence-corrected chi connectivity index (χ3v) is 5.57. The average molecular weight is 362 g/mol. The first kappa shape index (κ1) is 17.1. The summed E-state index contributed by atoms with van der Waals surface area (Å²) in [6.07, 6.45) is 4.16. The van der Waals surface area contributed by atoms with E-state index in [1.54, 1.807) is 6.20 Å². The van der Waals surface area contributed by atoms with Crippen LogP contribution < -0.4 is 10.2 Å². The second-order valence-electron chi connectivity index (χ2n) is 5.78. The van der Waals surface area contributed by atoms with E-state index in [1.807, 2.05) is 43.3 Å². The fraction of sp³-hybridized carbons (Fsp3) is 0.333. The molecule has 2 aromatic rings. The fourth-order valence-corrected chi connectivity index (χ4v) is 3.78. The maximum Gasteiger partial charge on any atom is 0.237 e. The molecule has 3 rings (SSSR count). The molecule has 1 amide bonds. The van der Waals surface area contributed by atoms with Gasteiger partial charge < -0.3 is 10.2 Å². The number of rotatable bonds is 5. The van der Waals surface area contributed by atoms with Crippen LogP contribution in [0, 0.1) is 0 Å². The summed E-state index contributed by atoms with van der Waals surface area (Å²) < 4.78 is 0. The number of thioether (sulfide) groups is 1. The molecule has 126 valence electrons. The zero-order valence-corrected chi connectivity index (χ0v) is 15.1. The van der Waals surface area contributed by atoms with Crippen LogP contribution >= 0.6 is 23.4 Å². The van der Waals surface area contributed by atoms with E-state index in [-0.39, 0.29) is 11.2 Å². The molecule has 1 saturated heterocycles. The van der Waals surface area contributed by atoms with E-state index < -0.39 is 0 Å². The maximum absolute atomic E-state index is 12.4. The zero-order chi connectivity index (χ0) is 16.9. The van der Waals surface area contributed by atoms with Crippen LogP contribution in [-0.4, -0.2) is 29.2 Å². The van der Waals surface area contributed by atoms with Crippen molar-refractivity contribution in [1.29, 1.82) is 0 Å². The van der Waals surface area contributed by atoms with Crippen LogP contribution in [0.2, 0.25) is 5.02 Å². The number of hydrogen-bond donors (Lipinski definition) is 1. The van der Waals surface area contributed by atoms with Gasteiger partial charge in [-0.3, -0.25) is 4.79 Å². The SMILES string of the molecule is CC(Sc1ccccc1Cl)C(=O)Nc1ccc(N2CCCC2)nc1. The van der Waals surface area contributed by atoms with E-state index in [0.717, 1.165) is 29.5 Å². The molecule has 1 N–H and O–H groups in total. The van der Waals surface area contributed by atoms with Gasteiger partial charge in [-0.05, 0) is 44.0 Å². The quantitative estimate of drug-likeness (QED) is 0.799. The number of carbonyl (C=O) groups is 1. The highest BCUT2D eigenvalue weighted by molar-refractivity contribution is 8.00. The number of benzene rings is 1. The van der Waals surface area contributed by atoms with Crippen LogP contribution in [0.5, 0.6) is 0 Å². The molecule has 1 aliphatic heterocycles. The average Bonchev–Trinajstić information content (AvgIpc) is 3.12. The van der Waals surface area contributed by atoms with Crippen molar-refractivity contribution in [2.45, 2.75) is 29.9 Å². The third-order valence-electron chi connectivity index (χ3n) is 3.96. The summed E-state index contributed by atoms with van der Waals surface area (Å²) in [6, 6.07) is 11.4. The second-order valence-corrected chi connectivity index (χ2v) is 7.57. The molecular weight excluding hydrogens is 342 g/mol. The molecule has 1 aliphatic rings. The number of carbonyl (C=O) groups excluding carboxylic acids is 1. The summed E-state index contributed by atoms with van der Waals surface area (Å²) in [7, 11) is 0. The second kappa shape index (κ2) is 7.90. The number of hydrogen-bond acceptors (Lipinski definition) is 4. The summed E-state index contributed by atoms with van der Waals surface area (Å²) in [5, 5.41) is 3.33. The van der Waals surface area contributed by atoms with Crippen molar-refractivity contribution >= 4 is 40.8 Å². The number of halogens is 1. The summed E-state index contributed by atoms with van der Waals surface area (Å²) >= 11 is 7.59. The largest absolute Gasteiger partial charge is 0.357 e. The molecule has 0 saturated carbocycles. The first-order valence-electron chi connectivity index (χ1n) is 8.06. The number of aromatic nitrogens is 1. The summed E-state index contributed by atoms with van der Waals surface area (Å²) in [6.45, 7) is 3.99. The van der Waals surface area contributed by atoms with Crippen LogP contribution in [0.3, 0.4) is 0 Å². The van der Waals surface area contributed by atoms with Gasteiger partial charge in [-0.2, -0.15) is 0 Å². The number of pyridine rings is 1. The zero-order valence-electron chi connectivity index (χ0n) is 13.5. The first-order valence-corrected chi connectivity index (χ1v) is 9.32. The van der Waals surface area contributed by atoms with Crippen molar-refractivity contribution in [2.24, 2.45) is 0 Å². The molecule has 4 nitrogen and oxygen atoms in total. The van der Waals surface area contributed by atoms with Crippen molar-refractivity contribution in [1.82, 2.24) is 4.98 Å². The van der Waals surface area contributed by atoms with Crippen LogP contribution in [0.4, 0.5) is 11.5 Å². The molecule has 1 atom stereocenters. The highest BCUT2D eigenvalue weighted by Gasteiger charge is 2.17. The van der Waals surface area contributed by atoms with E-state index in [4.69, 9.17) is 11.6 Å². The van der Waals surface area contributed by atoms with Gasteiger partial charge in [-0.25, -0.2) is 4.98 Å². The highest BCUT2D eigenvalue weighted by atomic mass is 35.5. The van der Waals surface area contributed by atoms with Gasteiger partial charge in [0.25, 0.3) is 0 Å². The smallest absolute Gasteiger partial charge is 0.237 e. The summed E-state index contributed by atoms with van der Waals surface area (Å²) in [5.41, 5.74) is 0.717. The van der Waals surface area contributed by atoms with Crippen molar-refractivity contribution in [3.63, 3.8) is 0 Å². The summed E-state index contributed by atoms with van der Waals surface area (Å²) in [5.74, 6) is 0.916. The lowest BCUT2D eigenvalue weighted by atomic mass is 10.3. The van der Waals surface area contributed by atoms with Crippen molar-refractivity contribution < 1.29 is 4.79 Å². The van der Waals surface area contributed by atoms with Crippen LogP contribution in [-0.2, 0) is 4.79 Å². The number of nitrogens with zero attached hydrogens (tertiary/aromatic N) is 2. The normalized spacial score (nSPS) is 15.3. The molecule has 1 fully saturated rings. The highest BCUT2D eigenvalue weighted by Crippen LogP contribution is 2.30. The molecule has 24 heavy (non-hydrogen) atoms. The Kier molecular flexibility index (Phi) is 5.63. The van der Waals surface area contributed by atoms with Gasteiger partial charge in [0.1, 0.15) is 5.82 Å². The van der Waals surface area contributed by atoms with Crippen molar-refractivity contribution in [3.05, 3.63) is 47.6 Å². The van der Waals surface area contributed by atoms with Gasteiger partial charge in [-0.1, -0.05) is 23.7 Å². The summed E-state index contributed by atoms with van der Waals surface area (Å²) in [4.78, 5) is 20.0. The molecule has 2 heterocycles. The minimum atomic E-state index is -0.247. The molecule has 0 spiro atoms. The number of amides is 1. The first-order chi connectivity index (χ1) is 11.6. The molecule has 0 radical (unpaired) electrons. The van der Waals surface area contributed by atoms with Crippen LogP contribution in [0.1, 0.15) is 19.8 Å². The van der Waals surface area contributed by atoms with Gasteiger partial charge in [0.2, 0.25) is 5.91 Å². The Morgan fingerprint density at radius 2 is 2.00 bits per heavy atom. The maximum atomic E-state index is 12.4. The predicted octanol–water partition coefficient (Wildman–Crippen LogP) is 4.45. The van der Waals surface area contributed by atoms with Crippen molar-refractivity contribution in [2.75, 3.05) is 23.3 Å². The lowest BCUT2D eigenvalue weighted by molar-refractivity contribution is -0.115. The Balaban J connectivity index is 1.58.